The fraction of sp³-hybridized carbons (Fsp3) is 0.444. The number of fused-ring (bicyclic) bond motifs is 1. The fourth-order valence-corrected chi connectivity index (χ4v) is 4.24. The van der Waals surface area contributed by atoms with Gasteiger partial charge in [-0.3, -0.25) is 9.78 Å². The van der Waals surface area contributed by atoms with E-state index in [2.05, 4.69) is 31.1 Å². The molecule has 0 radical (unpaired) electrons. The molecule has 1 aliphatic carbocycles. The molecule has 0 spiro atoms. The van der Waals surface area contributed by atoms with Gasteiger partial charge in [-0.25, -0.2) is 0 Å². The average molecular weight is 314 g/mol. The van der Waals surface area contributed by atoms with Gasteiger partial charge in [0, 0.05) is 11.1 Å². The van der Waals surface area contributed by atoms with Crippen molar-refractivity contribution in [2.45, 2.75) is 40.2 Å². The largest absolute Gasteiger partial charge is 0.346 e. The number of aromatic nitrogens is 1. The van der Waals surface area contributed by atoms with Gasteiger partial charge in [0.15, 0.2) is 0 Å². The van der Waals surface area contributed by atoms with Crippen molar-refractivity contribution >= 4 is 17.2 Å². The highest BCUT2D eigenvalue weighted by molar-refractivity contribution is 7.14. The molecule has 1 amide bonds. The number of amides is 1. The minimum atomic E-state index is 0.0457. The van der Waals surface area contributed by atoms with Crippen LogP contribution in [0.3, 0.4) is 0 Å². The summed E-state index contributed by atoms with van der Waals surface area (Å²) in [5.74, 6) is 1.39. The lowest BCUT2D eigenvalue weighted by Gasteiger charge is -2.13. The number of hydrogen-bond donors (Lipinski definition) is 1. The van der Waals surface area contributed by atoms with E-state index in [4.69, 9.17) is 0 Å². The van der Waals surface area contributed by atoms with Gasteiger partial charge in [0.25, 0.3) is 5.91 Å². The zero-order valence-corrected chi connectivity index (χ0v) is 14.2. The second-order valence-electron chi connectivity index (χ2n) is 6.36. The highest BCUT2D eigenvalue weighted by atomic mass is 32.1. The summed E-state index contributed by atoms with van der Waals surface area (Å²) >= 11 is 1.64. The highest BCUT2D eigenvalue weighted by Gasteiger charge is 2.31. The van der Waals surface area contributed by atoms with E-state index in [0.717, 1.165) is 23.4 Å². The minimum Gasteiger partial charge on any atom is -0.346 e. The Morgan fingerprint density at radius 2 is 2.14 bits per heavy atom. The minimum absolute atomic E-state index is 0.0457. The zero-order valence-electron chi connectivity index (χ0n) is 13.3. The molecule has 3 rings (SSSR count). The number of nitrogens with one attached hydrogen (secondary N) is 1. The van der Waals surface area contributed by atoms with Gasteiger partial charge in [-0.15, -0.1) is 11.3 Å². The summed E-state index contributed by atoms with van der Waals surface area (Å²) in [4.78, 5) is 19.0. The number of nitrogens with zero attached hydrogens (tertiary/aromatic N) is 1. The van der Waals surface area contributed by atoms with Crippen molar-refractivity contribution in [3.05, 3.63) is 51.0 Å². The van der Waals surface area contributed by atoms with E-state index >= 15 is 0 Å². The third-order valence-electron chi connectivity index (χ3n) is 4.56. The van der Waals surface area contributed by atoms with Gasteiger partial charge in [-0.1, -0.05) is 19.9 Å². The molecule has 1 atom stereocenters. The van der Waals surface area contributed by atoms with Crippen LogP contribution < -0.4 is 5.32 Å². The monoisotopic (exact) mass is 314 g/mol. The number of hydrogen-bond acceptors (Lipinski definition) is 3. The molecule has 3 nitrogen and oxygen atoms in total. The van der Waals surface area contributed by atoms with E-state index < -0.39 is 0 Å². The van der Waals surface area contributed by atoms with E-state index in [9.17, 15) is 4.79 Å². The average Bonchev–Trinajstić information content (AvgIpc) is 3.07. The molecule has 0 aromatic carbocycles. The lowest BCUT2D eigenvalue weighted by atomic mass is 9.93. The highest BCUT2D eigenvalue weighted by Crippen LogP contribution is 2.39. The molecule has 1 aliphatic rings. The first kappa shape index (κ1) is 15.2. The first-order chi connectivity index (χ1) is 10.6. The van der Waals surface area contributed by atoms with Gasteiger partial charge >= 0.3 is 0 Å². The van der Waals surface area contributed by atoms with Crippen LogP contribution in [0, 0.1) is 18.8 Å². The third-order valence-corrected chi connectivity index (χ3v) is 5.74. The quantitative estimate of drug-likeness (QED) is 0.934. The molecule has 2 aromatic heterocycles. The normalized spacial score (nSPS) is 16.8. The number of carbonyl (C=O) groups is 1. The van der Waals surface area contributed by atoms with Crippen molar-refractivity contribution < 1.29 is 4.79 Å². The van der Waals surface area contributed by atoms with Gasteiger partial charge in [0.2, 0.25) is 0 Å². The van der Waals surface area contributed by atoms with Crippen LogP contribution in [0.2, 0.25) is 0 Å². The van der Waals surface area contributed by atoms with E-state index in [1.54, 1.807) is 17.5 Å². The topological polar surface area (TPSA) is 42.0 Å². The molecule has 0 fully saturated rings. The lowest BCUT2D eigenvalue weighted by Crippen LogP contribution is -2.23. The molecular weight excluding hydrogens is 292 g/mol. The molecular formula is C18H22N2OS. The van der Waals surface area contributed by atoms with E-state index in [-0.39, 0.29) is 5.91 Å². The van der Waals surface area contributed by atoms with Crippen molar-refractivity contribution in [2.75, 3.05) is 0 Å². The number of rotatable bonds is 4. The summed E-state index contributed by atoms with van der Waals surface area (Å²) in [5, 5.41) is 3.01. The second kappa shape index (κ2) is 6.21. The van der Waals surface area contributed by atoms with Crippen molar-refractivity contribution in [3.8, 4) is 0 Å². The van der Waals surface area contributed by atoms with Crippen LogP contribution in [-0.4, -0.2) is 10.9 Å². The van der Waals surface area contributed by atoms with Crippen LogP contribution in [0.1, 0.15) is 45.2 Å². The summed E-state index contributed by atoms with van der Waals surface area (Å²) in [6, 6.07) is 5.75. The Morgan fingerprint density at radius 3 is 2.82 bits per heavy atom. The Balaban J connectivity index is 1.73. The maximum absolute atomic E-state index is 12.5. The predicted octanol–water partition coefficient (Wildman–Crippen LogP) is 3.75. The van der Waals surface area contributed by atoms with Crippen molar-refractivity contribution in [1.82, 2.24) is 10.3 Å². The first-order valence-electron chi connectivity index (χ1n) is 7.85. The maximum Gasteiger partial charge on any atom is 0.261 e. The van der Waals surface area contributed by atoms with Crippen LogP contribution in [-0.2, 0) is 19.4 Å². The first-order valence-corrected chi connectivity index (χ1v) is 8.67. The Morgan fingerprint density at radius 1 is 1.36 bits per heavy atom. The summed E-state index contributed by atoms with van der Waals surface area (Å²) in [5.41, 5.74) is 3.60. The molecule has 0 saturated carbocycles. The van der Waals surface area contributed by atoms with Gasteiger partial charge in [-0.2, -0.15) is 0 Å². The Bertz CT molecular complexity index is 676. The van der Waals surface area contributed by atoms with Gasteiger partial charge in [0.1, 0.15) is 0 Å². The van der Waals surface area contributed by atoms with E-state index in [1.165, 1.54) is 16.0 Å². The summed E-state index contributed by atoms with van der Waals surface area (Å²) in [6.07, 6.45) is 3.92. The van der Waals surface area contributed by atoms with Gasteiger partial charge < -0.3 is 5.32 Å². The summed E-state index contributed by atoms with van der Waals surface area (Å²) < 4.78 is 0. The summed E-state index contributed by atoms with van der Waals surface area (Å²) in [6.45, 7) is 7.17. The van der Waals surface area contributed by atoms with Crippen molar-refractivity contribution in [3.63, 3.8) is 0 Å². The standard InChI is InChI=1S/C18H22N2OS/c1-11(2)13-8-15-12(3)22-17(16(15)9-13)18(21)20-10-14-6-4-5-7-19-14/h4-7,11,13H,8-10H2,1-3H3,(H,20,21)/t13-/m0/s1. The Labute approximate surface area is 135 Å². The molecule has 2 heterocycles. The van der Waals surface area contributed by atoms with E-state index in [0.29, 0.717) is 18.4 Å². The number of thiophene rings is 1. The molecule has 116 valence electrons. The summed E-state index contributed by atoms with van der Waals surface area (Å²) in [7, 11) is 0. The zero-order chi connectivity index (χ0) is 15.7. The molecule has 0 unspecified atom stereocenters. The SMILES string of the molecule is Cc1sc(C(=O)NCc2ccccn2)c2c1C[C@H](C(C)C)C2. The van der Waals surface area contributed by atoms with Gasteiger partial charge in [-0.05, 0) is 54.9 Å². The van der Waals surface area contributed by atoms with Crippen LogP contribution in [0.15, 0.2) is 24.4 Å². The number of carbonyl (C=O) groups excluding carboxylic acids is 1. The second-order valence-corrected chi connectivity index (χ2v) is 7.59. The van der Waals surface area contributed by atoms with Crippen LogP contribution in [0.25, 0.3) is 0 Å². The molecule has 0 bridgehead atoms. The number of pyridine rings is 1. The predicted molar refractivity (Wildman–Crippen MR) is 90.2 cm³/mol. The van der Waals surface area contributed by atoms with Gasteiger partial charge in [0.05, 0.1) is 17.1 Å². The lowest BCUT2D eigenvalue weighted by molar-refractivity contribution is 0.0953. The van der Waals surface area contributed by atoms with Crippen molar-refractivity contribution in [2.24, 2.45) is 11.8 Å². The molecule has 2 aromatic rings. The van der Waals surface area contributed by atoms with Crippen LogP contribution in [0.4, 0.5) is 0 Å². The van der Waals surface area contributed by atoms with Crippen molar-refractivity contribution in [1.29, 1.82) is 0 Å². The smallest absolute Gasteiger partial charge is 0.261 e. The van der Waals surface area contributed by atoms with E-state index in [1.807, 2.05) is 18.2 Å². The number of aryl methyl sites for hydroxylation is 1. The fourth-order valence-electron chi connectivity index (χ4n) is 3.11. The third kappa shape index (κ3) is 2.93. The Hall–Kier alpha value is -1.68. The van der Waals surface area contributed by atoms with Crippen LogP contribution in [0.5, 0.6) is 0 Å². The molecule has 22 heavy (non-hydrogen) atoms. The van der Waals surface area contributed by atoms with Crippen LogP contribution >= 0.6 is 11.3 Å². The maximum atomic E-state index is 12.5. The molecule has 0 saturated heterocycles. The Kier molecular flexibility index (Phi) is 4.30. The molecule has 1 N–H and O–H groups in total. The molecule has 0 aliphatic heterocycles. The molecule has 4 heteroatoms.